The van der Waals surface area contributed by atoms with Gasteiger partial charge in [0, 0.05) is 54.2 Å². The van der Waals surface area contributed by atoms with E-state index in [1.54, 1.807) is 50.4 Å². The lowest BCUT2D eigenvalue weighted by molar-refractivity contribution is -0.145. The van der Waals surface area contributed by atoms with Crippen LogP contribution in [-0.4, -0.2) is 70.1 Å². The van der Waals surface area contributed by atoms with E-state index in [-0.39, 0.29) is 43.0 Å². The summed E-state index contributed by atoms with van der Waals surface area (Å²) in [4.78, 5) is 55.8. The Hall–Kier alpha value is -4.32. The number of Topliss-reactive ketones (excluding diaryl/α,β-unsaturated/α-hetero) is 2. The fourth-order valence-electron chi connectivity index (χ4n) is 6.27. The van der Waals surface area contributed by atoms with Crippen molar-refractivity contribution in [1.29, 1.82) is 0 Å². The summed E-state index contributed by atoms with van der Waals surface area (Å²) in [5.74, 6) is 0.444. The first kappa shape index (κ1) is 37.9. The van der Waals surface area contributed by atoms with Crippen molar-refractivity contribution in [2.24, 2.45) is 11.3 Å². The second-order valence-electron chi connectivity index (χ2n) is 13.8. The highest BCUT2D eigenvalue weighted by atomic mass is 35.5. The molecule has 1 saturated heterocycles. The molecule has 0 bridgehead atoms. The maximum atomic E-state index is 14.0. The van der Waals surface area contributed by atoms with E-state index >= 15 is 0 Å². The largest absolute Gasteiger partial charge is 0.496 e. The monoisotopic (exact) mass is 734 g/mol. The van der Waals surface area contributed by atoms with Gasteiger partial charge in [-0.2, -0.15) is 0 Å². The number of halogens is 2. The van der Waals surface area contributed by atoms with Crippen LogP contribution in [0.4, 0.5) is 11.5 Å². The van der Waals surface area contributed by atoms with Gasteiger partial charge in [-0.05, 0) is 62.6 Å². The van der Waals surface area contributed by atoms with Gasteiger partial charge in [0.05, 0.1) is 40.4 Å². The number of nitrogens with one attached hydrogen (secondary N) is 2. The lowest BCUT2D eigenvalue weighted by Crippen LogP contribution is -2.48. The molecule has 1 amide bonds. The zero-order chi connectivity index (χ0) is 36.9. The maximum Gasteiger partial charge on any atom is 0.227 e. The Bertz CT molecular complexity index is 1880. The Labute approximate surface area is 308 Å². The number of methoxy groups -OCH3 is 1. The van der Waals surface area contributed by atoms with Gasteiger partial charge in [0.15, 0.2) is 11.5 Å². The molecule has 1 fully saturated rings. The van der Waals surface area contributed by atoms with Crippen LogP contribution in [0.5, 0.6) is 11.5 Å². The number of likely N-dealkylation sites (N-methyl/N-ethyl adjacent to an activating group) is 1. The highest BCUT2D eigenvalue weighted by Crippen LogP contribution is 2.39. The molecule has 4 aromatic rings. The number of benzene rings is 2. The molecular formula is C38H44Cl2N6O5. The standard InChI is InChI=1S/C38H44Cl2N6O5/c1-22(41-5)32(47)18-27(38(2,3)4)37(49)46-13-9-11-31(46)33(48)15-23-14-26-30(19-34(23)50-6)43-21-44-36(26)45-25-16-28(39)35(29(40)17-25)51-20-24-10-7-8-12-42-24/h7-8,10,12,14,16-17,19,21-22,27,31,41H,9,11,13,15,18,20H2,1-6H3,(H,43,44,45)/t22-,27+,31-/m0/s1. The smallest absolute Gasteiger partial charge is 0.227 e. The van der Waals surface area contributed by atoms with Crippen LogP contribution in [0.15, 0.2) is 55.0 Å². The highest BCUT2D eigenvalue weighted by Gasteiger charge is 2.42. The number of nitrogens with zero attached hydrogens (tertiary/aromatic N) is 4. The number of rotatable bonds is 14. The number of hydrogen-bond acceptors (Lipinski definition) is 10. The van der Waals surface area contributed by atoms with E-state index in [1.165, 1.54) is 6.33 Å². The minimum absolute atomic E-state index is 0.0256. The van der Waals surface area contributed by atoms with E-state index in [0.29, 0.717) is 68.9 Å². The summed E-state index contributed by atoms with van der Waals surface area (Å²) in [6.07, 6.45) is 4.50. The molecule has 0 aliphatic carbocycles. The number of carbonyl (C=O) groups excluding carboxylic acids is 3. The number of carbonyl (C=O) groups is 3. The average Bonchev–Trinajstić information content (AvgIpc) is 3.60. The molecule has 0 saturated carbocycles. The number of pyridine rings is 1. The summed E-state index contributed by atoms with van der Waals surface area (Å²) < 4.78 is 11.6. The third-order valence-electron chi connectivity index (χ3n) is 9.33. The Balaban J connectivity index is 1.37. The van der Waals surface area contributed by atoms with Crippen LogP contribution in [0, 0.1) is 11.3 Å². The van der Waals surface area contributed by atoms with Crippen LogP contribution >= 0.6 is 23.2 Å². The van der Waals surface area contributed by atoms with Gasteiger partial charge in [-0.3, -0.25) is 19.4 Å². The van der Waals surface area contributed by atoms with Crippen molar-refractivity contribution in [3.8, 4) is 11.5 Å². The van der Waals surface area contributed by atoms with Crippen LogP contribution in [0.1, 0.15) is 58.2 Å². The summed E-state index contributed by atoms with van der Waals surface area (Å²) in [6, 6.07) is 11.5. The van der Waals surface area contributed by atoms with Crippen molar-refractivity contribution < 1.29 is 23.9 Å². The number of anilines is 2. The minimum atomic E-state index is -0.605. The number of likely N-dealkylation sites (tertiary alicyclic amines) is 1. The van der Waals surface area contributed by atoms with Crippen LogP contribution in [-0.2, 0) is 27.4 Å². The Morgan fingerprint density at radius 3 is 2.45 bits per heavy atom. The van der Waals surface area contributed by atoms with Gasteiger partial charge in [0.1, 0.15) is 30.3 Å². The number of hydrogen-bond donors (Lipinski definition) is 2. The van der Waals surface area contributed by atoms with Gasteiger partial charge in [0.25, 0.3) is 0 Å². The lowest BCUT2D eigenvalue weighted by Gasteiger charge is -2.35. The van der Waals surface area contributed by atoms with Crippen LogP contribution < -0.4 is 20.1 Å². The Morgan fingerprint density at radius 2 is 1.80 bits per heavy atom. The van der Waals surface area contributed by atoms with E-state index in [2.05, 4.69) is 25.6 Å². The van der Waals surface area contributed by atoms with E-state index in [1.807, 2.05) is 45.0 Å². The molecule has 3 atom stereocenters. The zero-order valence-electron chi connectivity index (χ0n) is 29.8. The maximum absolute atomic E-state index is 14.0. The molecule has 1 aliphatic rings. The number of aromatic nitrogens is 3. The summed E-state index contributed by atoms with van der Waals surface area (Å²) in [7, 11) is 3.27. The van der Waals surface area contributed by atoms with Crippen LogP contribution in [0.3, 0.4) is 0 Å². The predicted octanol–water partition coefficient (Wildman–Crippen LogP) is 6.99. The Morgan fingerprint density at radius 1 is 1.06 bits per heavy atom. The molecule has 3 heterocycles. The molecule has 270 valence electrons. The molecule has 0 radical (unpaired) electrons. The molecule has 13 heteroatoms. The molecule has 2 aromatic heterocycles. The van der Waals surface area contributed by atoms with Crippen molar-refractivity contribution in [3.05, 3.63) is 76.3 Å². The fraction of sp³-hybridized carbons (Fsp3) is 0.421. The second-order valence-corrected chi connectivity index (χ2v) is 14.7. The zero-order valence-corrected chi connectivity index (χ0v) is 31.3. The van der Waals surface area contributed by atoms with Crippen LogP contribution in [0.2, 0.25) is 10.0 Å². The third kappa shape index (κ3) is 8.95. The predicted molar refractivity (Wildman–Crippen MR) is 199 cm³/mol. The summed E-state index contributed by atoms with van der Waals surface area (Å²) in [5, 5.41) is 7.50. The summed E-state index contributed by atoms with van der Waals surface area (Å²) in [5.41, 5.74) is 2.06. The van der Waals surface area contributed by atoms with Gasteiger partial charge >= 0.3 is 0 Å². The van der Waals surface area contributed by atoms with Crippen molar-refractivity contribution in [2.75, 3.05) is 26.0 Å². The molecule has 11 nitrogen and oxygen atoms in total. The number of ketones is 2. The van der Waals surface area contributed by atoms with Gasteiger partial charge in [0.2, 0.25) is 5.91 Å². The van der Waals surface area contributed by atoms with E-state index in [0.717, 1.165) is 5.69 Å². The first-order valence-corrected chi connectivity index (χ1v) is 17.7. The molecule has 2 N–H and O–H groups in total. The third-order valence-corrected chi connectivity index (χ3v) is 9.89. The van der Waals surface area contributed by atoms with Crippen LogP contribution in [0.25, 0.3) is 10.9 Å². The summed E-state index contributed by atoms with van der Waals surface area (Å²) >= 11 is 13.2. The van der Waals surface area contributed by atoms with Gasteiger partial charge in [-0.15, -0.1) is 0 Å². The van der Waals surface area contributed by atoms with Crippen molar-refractivity contribution in [2.45, 2.75) is 72.1 Å². The quantitative estimate of drug-likeness (QED) is 0.139. The summed E-state index contributed by atoms with van der Waals surface area (Å²) in [6.45, 7) is 8.33. The number of ether oxygens (including phenoxy) is 2. The molecular weight excluding hydrogens is 691 g/mol. The Kier molecular flexibility index (Phi) is 12.2. The SMILES string of the molecule is CN[C@@H](C)C(=O)C[C@H](C(=O)N1CCC[C@H]1C(=O)Cc1cc2c(Nc3cc(Cl)c(OCc4ccccn4)c(Cl)c3)ncnc2cc1OC)C(C)(C)C. The van der Waals surface area contributed by atoms with E-state index in [9.17, 15) is 14.4 Å². The molecule has 5 rings (SSSR count). The first-order valence-electron chi connectivity index (χ1n) is 16.9. The van der Waals surface area contributed by atoms with Gasteiger partial charge in [-0.25, -0.2) is 9.97 Å². The van der Waals surface area contributed by atoms with Gasteiger partial charge < -0.3 is 25.0 Å². The second kappa shape index (κ2) is 16.4. The molecule has 0 unspecified atom stereocenters. The number of fused-ring (bicyclic) bond motifs is 1. The normalized spacial score (nSPS) is 15.8. The van der Waals surface area contributed by atoms with E-state index < -0.39 is 17.4 Å². The molecule has 51 heavy (non-hydrogen) atoms. The minimum Gasteiger partial charge on any atom is -0.496 e. The van der Waals surface area contributed by atoms with Gasteiger partial charge in [-0.1, -0.05) is 50.0 Å². The molecule has 0 spiro atoms. The first-order chi connectivity index (χ1) is 24.3. The molecule has 1 aliphatic heterocycles. The van der Waals surface area contributed by atoms with E-state index in [4.69, 9.17) is 32.7 Å². The number of amides is 1. The van der Waals surface area contributed by atoms with Crippen molar-refractivity contribution in [1.82, 2.24) is 25.2 Å². The average molecular weight is 736 g/mol. The topological polar surface area (TPSA) is 136 Å². The van der Waals surface area contributed by atoms with Crippen molar-refractivity contribution in [3.63, 3.8) is 0 Å². The van der Waals surface area contributed by atoms with Crippen molar-refractivity contribution >= 4 is 63.1 Å². The fourth-order valence-corrected chi connectivity index (χ4v) is 6.86. The lowest BCUT2D eigenvalue weighted by atomic mass is 9.76. The molecule has 2 aromatic carbocycles. The highest BCUT2D eigenvalue weighted by molar-refractivity contribution is 6.37.